The van der Waals surface area contributed by atoms with E-state index in [0.29, 0.717) is 6.42 Å². The van der Waals surface area contributed by atoms with E-state index in [-0.39, 0.29) is 5.57 Å². The molecule has 3 nitrogen and oxygen atoms in total. The van der Waals surface area contributed by atoms with E-state index in [1.165, 1.54) is 5.57 Å². The first-order valence-electron chi connectivity index (χ1n) is 6.39. The molecule has 2 aliphatic rings. The molecule has 2 atom stereocenters. The van der Waals surface area contributed by atoms with Gasteiger partial charge in [-0.3, -0.25) is 0 Å². The van der Waals surface area contributed by atoms with Crippen LogP contribution in [0, 0.1) is 0 Å². The van der Waals surface area contributed by atoms with Gasteiger partial charge in [0.25, 0.3) is 0 Å². The Balaban J connectivity index is 2.36. The maximum atomic E-state index is 11.6. The van der Waals surface area contributed by atoms with Gasteiger partial charge in [0.2, 0.25) is 0 Å². The van der Waals surface area contributed by atoms with Crippen molar-refractivity contribution in [2.45, 2.75) is 51.2 Å². The Morgan fingerprint density at radius 3 is 2.83 bits per heavy atom. The molecular formula is C15H20O3. The zero-order valence-electron chi connectivity index (χ0n) is 11.0. The van der Waals surface area contributed by atoms with Crippen molar-refractivity contribution in [1.29, 1.82) is 0 Å². The van der Waals surface area contributed by atoms with Crippen LogP contribution in [0.25, 0.3) is 0 Å². The Kier molecular flexibility index (Phi) is 3.44. The third kappa shape index (κ3) is 2.27. The first kappa shape index (κ1) is 13.1. The number of allylic oxidation sites excluding steroid dienone is 3. The van der Waals surface area contributed by atoms with E-state index < -0.39 is 17.7 Å². The van der Waals surface area contributed by atoms with Gasteiger partial charge >= 0.3 is 5.97 Å². The van der Waals surface area contributed by atoms with E-state index in [1.807, 2.05) is 13.0 Å². The highest BCUT2D eigenvalue weighted by molar-refractivity contribution is 5.93. The summed E-state index contributed by atoms with van der Waals surface area (Å²) >= 11 is 0. The van der Waals surface area contributed by atoms with Crippen molar-refractivity contribution >= 4 is 5.97 Å². The highest BCUT2D eigenvalue weighted by Gasteiger charge is 2.50. The van der Waals surface area contributed by atoms with E-state index in [4.69, 9.17) is 4.74 Å². The smallest absolute Gasteiger partial charge is 0.337 e. The lowest BCUT2D eigenvalue weighted by Gasteiger charge is -2.27. The zero-order chi connectivity index (χ0) is 13.3. The molecule has 0 aromatic heterocycles. The van der Waals surface area contributed by atoms with Crippen LogP contribution in [-0.2, 0) is 9.53 Å². The molecule has 0 aromatic carbocycles. The van der Waals surface area contributed by atoms with Gasteiger partial charge < -0.3 is 9.84 Å². The standard InChI is InChI=1S/C15H20O3/c1-10-5-4-6-11(2)9-13-15(17,8-7-10)12(3)14(16)18-13/h5,9,13,17H,3-4,6-8H2,1-2H3. The minimum absolute atomic E-state index is 0.185. The van der Waals surface area contributed by atoms with E-state index in [1.54, 1.807) is 0 Å². The van der Waals surface area contributed by atoms with Crippen molar-refractivity contribution in [3.63, 3.8) is 0 Å². The first-order valence-corrected chi connectivity index (χ1v) is 6.39. The van der Waals surface area contributed by atoms with Crippen LogP contribution in [0.1, 0.15) is 39.5 Å². The lowest BCUT2D eigenvalue weighted by molar-refractivity contribution is -0.138. The molecule has 1 aliphatic heterocycles. The van der Waals surface area contributed by atoms with E-state index >= 15 is 0 Å². The average molecular weight is 248 g/mol. The molecule has 1 saturated heterocycles. The molecule has 2 rings (SSSR count). The van der Waals surface area contributed by atoms with Crippen molar-refractivity contribution in [3.8, 4) is 0 Å². The van der Waals surface area contributed by atoms with Crippen LogP contribution in [0.5, 0.6) is 0 Å². The molecule has 18 heavy (non-hydrogen) atoms. The minimum Gasteiger partial charge on any atom is -0.451 e. The molecule has 0 saturated carbocycles. The molecule has 0 bridgehead atoms. The van der Waals surface area contributed by atoms with Crippen LogP contribution >= 0.6 is 0 Å². The Hall–Kier alpha value is -1.35. The fourth-order valence-electron chi connectivity index (χ4n) is 2.48. The van der Waals surface area contributed by atoms with Crippen LogP contribution in [0.4, 0.5) is 0 Å². The summed E-state index contributed by atoms with van der Waals surface area (Å²) in [5, 5.41) is 10.7. The molecule has 3 heteroatoms. The fourth-order valence-corrected chi connectivity index (χ4v) is 2.48. The number of aliphatic hydroxyl groups is 1. The number of rotatable bonds is 0. The van der Waals surface area contributed by atoms with Gasteiger partial charge in [-0.1, -0.05) is 23.8 Å². The van der Waals surface area contributed by atoms with Gasteiger partial charge in [0.1, 0.15) is 5.60 Å². The van der Waals surface area contributed by atoms with E-state index in [0.717, 1.165) is 24.8 Å². The number of esters is 1. The highest BCUT2D eigenvalue weighted by atomic mass is 16.6. The van der Waals surface area contributed by atoms with Crippen molar-refractivity contribution in [2.75, 3.05) is 0 Å². The Morgan fingerprint density at radius 2 is 2.11 bits per heavy atom. The number of hydrogen-bond donors (Lipinski definition) is 1. The van der Waals surface area contributed by atoms with Gasteiger partial charge in [-0.15, -0.1) is 0 Å². The van der Waals surface area contributed by atoms with Crippen LogP contribution in [0.15, 0.2) is 35.5 Å². The topological polar surface area (TPSA) is 46.5 Å². The summed E-state index contributed by atoms with van der Waals surface area (Å²) in [5.41, 5.74) is 1.31. The molecule has 0 amide bonds. The zero-order valence-corrected chi connectivity index (χ0v) is 11.0. The molecule has 0 radical (unpaired) electrons. The summed E-state index contributed by atoms with van der Waals surface area (Å²) in [6, 6.07) is 0. The number of carbonyl (C=O) groups is 1. The first-order chi connectivity index (χ1) is 8.43. The second kappa shape index (κ2) is 4.73. The van der Waals surface area contributed by atoms with E-state index in [2.05, 4.69) is 19.6 Å². The third-order valence-corrected chi connectivity index (χ3v) is 3.84. The van der Waals surface area contributed by atoms with Crippen LogP contribution in [0.2, 0.25) is 0 Å². The van der Waals surface area contributed by atoms with Crippen molar-refractivity contribution in [2.24, 2.45) is 0 Å². The molecule has 1 fully saturated rings. The van der Waals surface area contributed by atoms with Crippen molar-refractivity contribution in [1.82, 2.24) is 0 Å². The lowest BCUT2D eigenvalue weighted by atomic mass is 9.83. The summed E-state index contributed by atoms with van der Waals surface area (Å²) < 4.78 is 5.23. The van der Waals surface area contributed by atoms with E-state index in [9.17, 15) is 9.90 Å². The number of hydrogen-bond acceptors (Lipinski definition) is 3. The summed E-state index contributed by atoms with van der Waals surface area (Å²) in [6.07, 6.45) is 6.64. The Bertz CT molecular complexity index is 445. The quantitative estimate of drug-likeness (QED) is 0.407. The lowest BCUT2D eigenvalue weighted by Crippen LogP contribution is -2.38. The SMILES string of the molecule is C=C1C(=O)OC2C=C(C)CCC=C(C)CCC12O. The van der Waals surface area contributed by atoms with Gasteiger partial charge in [-0.05, 0) is 45.6 Å². The highest BCUT2D eigenvalue weighted by Crippen LogP contribution is 2.38. The minimum atomic E-state index is -1.25. The maximum Gasteiger partial charge on any atom is 0.337 e. The van der Waals surface area contributed by atoms with Gasteiger partial charge in [0, 0.05) is 0 Å². The van der Waals surface area contributed by atoms with Gasteiger partial charge in [0.15, 0.2) is 6.10 Å². The average Bonchev–Trinajstić information content (AvgIpc) is 2.52. The van der Waals surface area contributed by atoms with Gasteiger partial charge in [-0.25, -0.2) is 4.79 Å². The molecule has 1 N–H and O–H groups in total. The number of carbonyl (C=O) groups excluding carboxylic acids is 1. The van der Waals surface area contributed by atoms with Crippen molar-refractivity contribution < 1.29 is 14.6 Å². The number of fused-ring (bicyclic) bond motifs is 1. The van der Waals surface area contributed by atoms with Crippen LogP contribution in [0.3, 0.4) is 0 Å². The molecule has 0 spiro atoms. The predicted molar refractivity (Wildman–Crippen MR) is 70.0 cm³/mol. The fraction of sp³-hybridized carbons (Fsp3) is 0.533. The summed E-state index contributed by atoms with van der Waals surface area (Å²) in [5.74, 6) is -0.479. The Morgan fingerprint density at radius 1 is 1.39 bits per heavy atom. The summed E-state index contributed by atoms with van der Waals surface area (Å²) in [4.78, 5) is 11.6. The molecular weight excluding hydrogens is 228 g/mol. The molecule has 0 aromatic rings. The Labute approximate surface area is 108 Å². The predicted octanol–water partition coefficient (Wildman–Crippen LogP) is 2.67. The molecule has 2 unspecified atom stereocenters. The van der Waals surface area contributed by atoms with Crippen LogP contribution < -0.4 is 0 Å². The molecule has 98 valence electrons. The summed E-state index contributed by atoms with van der Waals surface area (Å²) in [6.45, 7) is 7.75. The molecule has 1 heterocycles. The molecule has 1 aliphatic carbocycles. The van der Waals surface area contributed by atoms with Crippen molar-refractivity contribution in [3.05, 3.63) is 35.5 Å². The maximum absolute atomic E-state index is 11.6. The summed E-state index contributed by atoms with van der Waals surface area (Å²) in [7, 11) is 0. The monoisotopic (exact) mass is 248 g/mol. The van der Waals surface area contributed by atoms with Gasteiger partial charge in [0.05, 0.1) is 5.57 Å². The van der Waals surface area contributed by atoms with Crippen LogP contribution in [-0.4, -0.2) is 22.8 Å². The van der Waals surface area contributed by atoms with Gasteiger partial charge in [-0.2, -0.15) is 0 Å². The normalized spacial score (nSPS) is 33.4. The largest absolute Gasteiger partial charge is 0.451 e. The third-order valence-electron chi connectivity index (χ3n) is 3.84. The second-order valence-electron chi connectivity index (χ2n) is 5.33. The number of ether oxygens (including phenoxy) is 1. The second-order valence-corrected chi connectivity index (χ2v) is 5.33.